The zero-order chi connectivity index (χ0) is 23.7. The number of rotatable bonds is 4. The van der Waals surface area contributed by atoms with E-state index in [0.717, 1.165) is 35.1 Å². The summed E-state index contributed by atoms with van der Waals surface area (Å²) in [5.74, 6) is 0. The molecule has 2 aliphatic rings. The highest BCUT2D eigenvalue weighted by Gasteiger charge is 2.41. The molecule has 0 saturated heterocycles. The van der Waals surface area contributed by atoms with Gasteiger partial charge in [0.2, 0.25) is 0 Å². The molecule has 0 aromatic heterocycles. The minimum atomic E-state index is -0.647. The second kappa shape index (κ2) is 11.2. The van der Waals surface area contributed by atoms with E-state index in [4.69, 9.17) is 5.41 Å². The highest BCUT2D eigenvalue weighted by Crippen LogP contribution is 2.49. The number of hydrogen-bond acceptors (Lipinski definition) is 1. The van der Waals surface area contributed by atoms with E-state index in [2.05, 4.69) is 118 Å². The summed E-state index contributed by atoms with van der Waals surface area (Å²) in [5.41, 5.74) is 7.18. The van der Waals surface area contributed by atoms with Crippen LogP contribution < -0.4 is 0 Å². The van der Waals surface area contributed by atoms with Crippen molar-refractivity contribution in [3.05, 3.63) is 155 Å². The van der Waals surface area contributed by atoms with Crippen molar-refractivity contribution >= 4 is 6.21 Å². The van der Waals surface area contributed by atoms with E-state index in [-0.39, 0.29) is 0 Å². The van der Waals surface area contributed by atoms with Gasteiger partial charge in [0.1, 0.15) is 0 Å². The van der Waals surface area contributed by atoms with E-state index in [1.54, 1.807) is 6.08 Å². The van der Waals surface area contributed by atoms with Gasteiger partial charge in [-0.05, 0) is 66.2 Å². The fraction of sp³-hybridized carbons (Fsp3) is 0.156. The smallest absolute Gasteiger partial charge is 0.0695 e. The van der Waals surface area contributed by atoms with E-state index in [1.165, 1.54) is 22.9 Å². The van der Waals surface area contributed by atoms with Crippen LogP contribution in [0.5, 0.6) is 0 Å². The average molecular weight is 432 g/mol. The third-order valence-corrected chi connectivity index (χ3v) is 6.17. The molecule has 166 valence electrons. The van der Waals surface area contributed by atoms with Gasteiger partial charge in [0.05, 0.1) is 5.41 Å². The molecule has 1 nitrogen and oxygen atoms in total. The van der Waals surface area contributed by atoms with Gasteiger partial charge in [-0.25, -0.2) is 0 Å². The van der Waals surface area contributed by atoms with Gasteiger partial charge in [-0.2, -0.15) is 0 Å². The van der Waals surface area contributed by atoms with Gasteiger partial charge in [-0.1, -0.05) is 116 Å². The topological polar surface area (TPSA) is 23.9 Å². The Bertz CT molecular complexity index is 1170. The van der Waals surface area contributed by atoms with Crippen molar-refractivity contribution in [2.24, 2.45) is 0 Å². The normalized spacial score (nSPS) is 29.8. The molecule has 0 saturated carbocycles. The van der Waals surface area contributed by atoms with Gasteiger partial charge in [-0.3, -0.25) is 0 Å². The Morgan fingerprint density at radius 3 is 2.55 bits per heavy atom. The minimum absolute atomic E-state index is 0.647. The van der Waals surface area contributed by atoms with Crippen molar-refractivity contribution in [3.8, 4) is 0 Å². The lowest BCUT2D eigenvalue weighted by molar-refractivity contribution is 0.716. The summed E-state index contributed by atoms with van der Waals surface area (Å²) in [6.07, 6.45) is 30.2. The van der Waals surface area contributed by atoms with Crippen molar-refractivity contribution in [2.45, 2.75) is 32.1 Å². The first kappa shape index (κ1) is 23.9. The van der Waals surface area contributed by atoms with Crippen LogP contribution in [0, 0.1) is 5.41 Å². The van der Waals surface area contributed by atoms with E-state index >= 15 is 0 Å². The molecular weight excluding hydrogens is 398 g/mol. The molecule has 0 radical (unpaired) electrons. The minimum Gasteiger partial charge on any atom is -0.309 e. The van der Waals surface area contributed by atoms with Crippen molar-refractivity contribution in [1.29, 1.82) is 5.41 Å². The quantitative estimate of drug-likeness (QED) is 0.366. The van der Waals surface area contributed by atoms with E-state index in [0.29, 0.717) is 0 Å². The lowest BCUT2D eigenvalue weighted by Gasteiger charge is -2.41. The van der Waals surface area contributed by atoms with E-state index < -0.39 is 5.41 Å². The summed E-state index contributed by atoms with van der Waals surface area (Å²) >= 11 is 0. The van der Waals surface area contributed by atoms with Crippen LogP contribution in [0.2, 0.25) is 0 Å². The Hall–Kier alpha value is -3.71. The average Bonchev–Trinajstić information content (AvgIpc) is 2.80. The maximum absolute atomic E-state index is 7.56. The largest absolute Gasteiger partial charge is 0.309 e. The fourth-order valence-electron chi connectivity index (χ4n) is 4.55. The SMILES string of the molecule is C=C(/C=C\C=N)C1(C2=C(C)/C=C\C=C/C(C)=C\C=C\C=C\2)C(=C)/C=C\CCc2ccccc21. The van der Waals surface area contributed by atoms with Crippen LogP contribution in [0.15, 0.2) is 144 Å². The molecule has 0 bridgehead atoms. The Morgan fingerprint density at radius 1 is 0.970 bits per heavy atom. The molecule has 0 fully saturated rings. The molecule has 1 aromatic carbocycles. The molecule has 33 heavy (non-hydrogen) atoms. The highest BCUT2D eigenvalue weighted by molar-refractivity contribution is 5.72. The Morgan fingerprint density at radius 2 is 1.73 bits per heavy atom. The predicted molar refractivity (Wildman–Crippen MR) is 145 cm³/mol. The van der Waals surface area contributed by atoms with Gasteiger partial charge >= 0.3 is 0 Å². The molecule has 1 aromatic rings. The Balaban J connectivity index is 2.41. The van der Waals surface area contributed by atoms with Gasteiger partial charge in [0.15, 0.2) is 0 Å². The monoisotopic (exact) mass is 431 g/mol. The maximum Gasteiger partial charge on any atom is 0.0695 e. The third-order valence-electron chi connectivity index (χ3n) is 6.17. The van der Waals surface area contributed by atoms with Crippen LogP contribution >= 0.6 is 0 Å². The molecule has 1 atom stereocenters. The van der Waals surface area contributed by atoms with Crippen LogP contribution in [0.3, 0.4) is 0 Å². The summed E-state index contributed by atoms with van der Waals surface area (Å²) in [4.78, 5) is 0. The van der Waals surface area contributed by atoms with Crippen LogP contribution in [0.4, 0.5) is 0 Å². The van der Waals surface area contributed by atoms with Gasteiger partial charge in [0.25, 0.3) is 0 Å². The molecule has 0 aliphatic heterocycles. The number of hydrogen-bond donors (Lipinski definition) is 1. The molecule has 3 rings (SSSR count). The van der Waals surface area contributed by atoms with Crippen LogP contribution in [-0.4, -0.2) is 6.21 Å². The molecule has 0 amide bonds. The van der Waals surface area contributed by atoms with Gasteiger partial charge < -0.3 is 5.41 Å². The maximum atomic E-state index is 7.56. The highest BCUT2D eigenvalue weighted by atomic mass is 14.4. The second-order valence-corrected chi connectivity index (χ2v) is 8.39. The number of nitrogens with one attached hydrogen (secondary N) is 1. The third kappa shape index (κ3) is 5.21. The first-order valence-corrected chi connectivity index (χ1v) is 11.4. The molecule has 1 N–H and O–H groups in total. The standard InChI is InChI=1S/C32H33N/c1-25-15-6-5-7-22-30(26(2)17-9-8-16-25)32(28(4)19-14-24-33)27(3)18-10-11-20-29-21-12-13-23-31(29)32/h5-10,12-19,21-24,33H,3-4,11,20H2,1-2H3/b6-5+,7-5?,9-8?,15-6?,16-8-,17-9-,18-10-,19-14-,22-7+,25-15-,25-16?,26-17?,30-22?,30-26+,33-24?. The van der Waals surface area contributed by atoms with Crippen LogP contribution in [0.25, 0.3) is 0 Å². The first-order chi connectivity index (χ1) is 16.0. The lowest BCUT2D eigenvalue weighted by atomic mass is 9.61. The van der Waals surface area contributed by atoms with Crippen LogP contribution in [-0.2, 0) is 11.8 Å². The predicted octanol–water partition coefficient (Wildman–Crippen LogP) is 8.25. The molecule has 0 heterocycles. The van der Waals surface area contributed by atoms with Gasteiger partial charge in [0, 0.05) is 6.21 Å². The van der Waals surface area contributed by atoms with E-state index in [9.17, 15) is 0 Å². The summed E-state index contributed by atoms with van der Waals surface area (Å²) in [7, 11) is 0. The van der Waals surface area contributed by atoms with Crippen molar-refractivity contribution in [1.82, 2.24) is 0 Å². The summed E-state index contributed by atoms with van der Waals surface area (Å²) in [5, 5.41) is 7.56. The number of aryl methyl sites for hydroxylation is 1. The molecule has 0 spiro atoms. The molecular formula is C32H33N. The van der Waals surface area contributed by atoms with Gasteiger partial charge in [-0.15, -0.1) is 0 Å². The van der Waals surface area contributed by atoms with Crippen molar-refractivity contribution in [3.63, 3.8) is 0 Å². The van der Waals surface area contributed by atoms with E-state index in [1.807, 2.05) is 6.08 Å². The molecule has 2 aliphatic carbocycles. The lowest BCUT2D eigenvalue weighted by Crippen LogP contribution is -2.34. The summed E-state index contributed by atoms with van der Waals surface area (Å²) in [6, 6.07) is 8.62. The fourth-order valence-corrected chi connectivity index (χ4v) is 4.55. The summed E-state index contributed by atoms with van der Waals surface area (Å²) < 4.78 is 0. The number of allylic oxidation sites excluding steroid dienone is 18. The van der Waals surface area contributed by atoms with Crippen molar-refractivity contribution < 1.29 is 0 Å². The second-order valence-electron chi connectivity index (χ2n) is 8.39. The Kier molecular flexibility index (Phi) is 8.16. The first-order valence-electron chi connectivity index (χ1n) is 11.4. The van der Waals surface area contributed by atoms with Crippen molar-refractivity contribution in [2.75, 3.05) is 0 Å². The Labute approximate surface area is 199 Å². The molecule has 1 unspecified atom stereocenters. The molecule has 1 heteroatoms. The zero-order valence-electron chi connectivity index (χ0n) is 19.7. The number of fused-ring (bicyclic) bond motifs is 1. The van der Waals surface area contributed by atoms with Crippen LogP contribution in [0.1, 0.15) is 31.4 Å². The zero-order valence-corrected chi connectivity index (χ0v) is 19.7. The summed E-state index contributed by atoms with van der Waals surface area (Å²) in [6.45, 7) is 13.4. The number of benzene rings is 1.